The minimum absolute atomic E-state index is 0.124. The zero-order valence-electron chi connectivity index (χ0n) is 40.8. The van der Waals surface area contributed by atoms with E-state index in [1.165, 1.54) is 6.07 Å². The van der Waals surface area contributed by atoms with Gasteiger partial charge >= 0.3 is 6.18 Å². The summed E-state index contributed by atoms with van der Waals surface area (Å²) in [6.45, 7) is 0. The molecule has 8 nitrogen and oxygen atoms in total. The molecule has 0 amide bonds. The Hall–Kier alpha value is -11.5. The number of alkyl halides is 3. The van der Waals surface area contributed by atoms with Crippen LogP contribution in [-0.2, 0) is 6.18 Å². The number of hydrogen-bond donors (Lipinski definition) is 0. The molecule has 0 saturated heterocycles. The number of benzene rings is 10. The summed E-state index contributed by atoms with van der Waals surface area (Å²) in [5.74, 6) is 0. The Bertz CT molecular complexity index is 4330. The maximum Gasteiger partial charge on any atom is 0.416 e. The highest BCUT2D eigenvalue weighted by atomic mass is 19.4. The largest absolute Gasteiger partial charge is 0.416 e. The van der Waals surface area contributed by atoms with E-state index in [2.05, 4.69) is 36.4 Å². The van der Waals surface area contributed by atoms with Crippen LogP contribution in [0.15, 0.2) is 200 Å². The zero-order valence-corrected chi connectivity index (χ0v) is 40.8. The lowest BCUT2D eigenvalue weighted by Crippen LogP contribution is -2.08. The molecule has 0 radical (unpaired) electrons. The van der Waals surface area contributed by atoms with E-state index in [1.54, 1.807) is 60.7 Å². The van der Waals surface area contributed by atoms with Gasteiger partial charge in [-0.1, -0.05) is 127 Å². The van der Waals surface area contributed by atoms with E-state index < -0.39 is 11.7 Å². The number of halogens is 3. The molecule has 0 atom stereocenters. The molecule has 0 saturated carbocycles. The van der Waals surface area contributed by atoms with Crippen LogP contribution in [0.25, 0.3) is 111 Å². The van der Waals surface area contributed by atoms with Crippen molar-refractivity contribution in [3.8, 4) is 103 Å². The van der Waals surface area contributed by atoms with Gasteiger partial charge in [-0.05, 0) is 117 Å². The Morgan fingerprint density at radius 1 is 0.308 bits per heavy atom. The minimum atomic E-state index is -4.81. The van der Waals surface area contributed by atoms with Crippen LogP contribution in [0, 0.1) is 68.0 Å². The van der Waals surface area contributed by atoms with E-state index in [0.717, 1.165) is 33.7 Å². The Balaban J connectivity index is 1.30. The molecular formula is C67H33F3N8. The molecule has 362 valence electrons. The zero-order chi connectivity index (χ0) is 53.8. The quantitative estimate of drug-likeness (QED) is 0.155. The van der Waals surface area contributed by atoms with Crippen molar-refractivity contribution in [3.63, 3.8) is 0 Å². The highest BCUT2D eigenvalue weighted by Gasteiger charge is 2.33. The number of nitrogens with zero attached hydrogens (tertiary/aromatic N) is 8. The molecule has 0 N–H and O–H groups in total. The summed E-state index contributed by atoms with van der Waals surface area (Å²) in [7, 11) is 0. The van der Waals surface area contributed by atoms with E-state index in [9.17, 15) is 44.7 Å². The highest BCUT2D eigenvalue weighted by molar-refractivity contribution is 6.14. The van der Waals surface area contributed by atoms with Gasteiger partial charge in [0.15, 0.2) is 0 Å². The second kappa shape index (κ2) is 18.8. The normalized spacial score (nSPS) is 11.2. The van der Waals surface area contributed by atoms with Crippen molar-refractivity contribution >= 4 is 43.6 Å². The molecular weight excluding hydrogens is 974 g/mol. The van der Waals surface area contributed by atoms with Gasteiger partial charge in [0.2, 0.25) is 0 Å². The van der Waals surface area contributed by atoms with E-state index in [1.807, 2.05) is 130 Å². The summed E-state index contributed by atoms with van der Waals surface area (Å²) in [4.78, 5) is 0. The van der Waals surface area contributed by atoms with Crippen molar-refractivity contribution in [2.45, 2.75) is 6.18 Å². The molecule has 0 unspecified atom stereocenters. The van der Waals surface area contributed by atoms with Gasteiger partial charge in [-0.25, -0.2) is 0 Å². The Morgan fingerprint density at radius 3 is 0.923 bits per heavy atom. The fraction of sp³-hybridized carbons (Fsp3) is 0.0149. The molecule has 0 bridgehead atoms. The first-order chi connectivity index (χ1) is 38.0. The SMILES string of the molecule is N#Cc1cc(-n2c3cc(-c4ccccc4C#N)ccc3c3ccc(-c4ccccc4C#N)cc32)c(-c2ccc(C(F)(F)F)cc2C#N)c(-n2c3cc(-c4ccccc4C#N)ccc3c3ccc(-c4ccccc4C#N)cc32)c1. The van der Waals surface area contributed by atoms with Gasteiger partial charge in [0.05, 0.1) is 109 Å². The molecule has 2 heterocycles. The number of hydrogen-bond acceptors (Lipinski definition) is 6. The van der Waals surface area contributed by atoms with Crippen LogP contribution in [0.5, 0.6) is 0 Å². The molecule has 0 aliphatic carbocycles. The minimum Gasteiger partial charge on any atom is -0.308 e. The van der Waals surface area contributed by atoms with E-state index in [4.69, 9.17) is 0 Å². The van der Waals surface area contributed by atoms with E-state index in [-0.39, 0.29) is 22.3 Å². The van der Waals surface area contributed by atoms with Gasteiger partial charge in [0.1, 0.15) is 0 Å². The molecule has 2 aromatic heterocycles. The van der Waals surface area contributed by atoms with Gasteiger partial charge < -0.3 is 9.13 Å². The number of aromatic nitrogens is 2. The average Bonchev–Trinajstić information content (AvgIpc) is 4.22. The molecule has 12 rings (SSSR count). The first kappa shape index (κ1) is 47.5. The van der Waals surface area contributed by atoms with Crippen LogP contribution in [0.3, 0.4) is 0 Å². The van der Waals surface area contributed by atoms with Crippen LogP contribution in [0.4, 0.5) is 13.2 Å². The fourth-order valence-electron chi connectivity index (χ4n) is 10.9. The summed E-state index contributed by atoms with van der Waals surface area (Å²) in [6, 6.07) is 72.1. The topological polar surface area (TPSA) is 153 Å². The number of nitriles is 6. The van der Waals surface area contributed by atoms with Crippen LogP contribution in [0.2, 0.25) is 0 Å². The first-order valence-corrected chi connectivity index (χ1v) is 24.4. The van der Waals surface area contributed by atoms with Crippen molar-refractivity contribution in [2.24, 2.45) is 0 Å². The molecule has 0 fully saturated rings. The third kappa shape index (κ3) is 7.73. The summed E-state index contributed by atoms with van der Waals surface area (Å²) in [5, 5.41) is 66.6. The first-order valence-electron chi connectivity index (χ1n) is 24.4. The lowest BCUT2D eigenvalue weighted by molar-refractivity contribution is -0.137. The smallest absolute Gasteiger partial charge is 0.308 e. The lowest BCUT2D eigenvalue weighted by Gasteiger charge is -2.22. The summed E-state index contributed by atoms with van der Waals surface area (Å²) in [5.41, 5.74) is 9.31. The standard InChI is InChI=1S/C67H33F3N8/c68-67(69,70)50-21-26-55(49(29-50)39-76)66-64(77-60-30-41(51-13-5-1-9-45(51)35-72)17-22-56(60)57-23-18-42(31-61(57)77)52-14-6-2-10-46(52)36-73)27-40(34-71)28-65(66)78-62-32-43(53-15-7-3-11-47(53)37-74)19-24-58(62)59-25-20-44(33-63(59)78)54-16-8-4-12-48(54)38-75/h1-33H. The van der Waals surface area contributed by atoms with Crippen LogP contribution in [-0.4, -0.2) is 9.13 Å². The highest BCUT2D eigenvalue weighted by Crippen LogP contribution is 2.47. The Kier molecular flexibility index (Phi) is 11.4. The lowest BCUT2D eigenvalue weighted by atomic mass is 9.93. The number of rotatable bonds is 7. The van der Waals surface area contributed by atoms with Crippen molar-refractivity contribution in [3.05, 3.63) is 239 Å². The molecule has 11 heteroatoms. The van der Waals surface area contributed by atoms with Gasteiger partial charge in [0, 0.05) is 32.7 Å². The van der Waals surface area contributed by atoms with Gasteiger partial charge in [-0.2, -0.15) is 44.7 Å². The summed E-state index contributed by atoms with van der Waals surface area (Å²) < 4.78 is 48.1. The van der Waals surface area contributed by atoms with Crippen LogP contribution in [0.1, 0.15) is 38.9 Å². The van der Waals surface area contributed by atoms with Gasteiger partial charge in [-0.15, -0.1) is 0 Å². The summed E-state index contributed by atoms with van der Waals surface area (Å²) in [6.07, 6.45) is -4.81. The molecule has 10 aromatic carbocycles. The predicted molar refractivity (Wildman–Crippen MR) is 296 cm³/mol. The average molecular weight is 1010 g/mol. The van der Waals surface area contributed by atoms with Crippen molar-refractivity contribution in [1.29, 1.82) is 31.6 Å². The van der Waals surface area contributed by atoms with Crippen molar-refractivity contribution in [2.75, 3.05) is 0 Å². The third-order valence-corrected chi connectivity index (χ3v) is 14.4. The predicted octanol–water partition coefficient (Wildman–Crippen LogP) is 16.5. The maximum absolute atomic E-state index is 14.7. The Labute approximate surface area is 444 Å². The Morgan fingerprint density at radius 2 is 0.628 bits per heavy atom. The van der Waals surface area contributed by atoms with E-state index >= 15 is 0 Å². The molecule has 12 aromatic rings. The van der Waals surface area contributed by atoms with Crippen LogP contribution < -0.4 is 0 Å². The van der Waals surface area contributed by atoms with Gasteiger partial charge in [-0.3, -0.25) is 0 Å². The monoisotopic (exact) mass is 1010 g/mol. The molecule has 0 aliphatic heterocycles. The second-order valence-corrected chi connectivity index (χ2v) is 18.6. The fourth-order valence-corrected chi connectivity index (χ4v) is 10.9. The van der Waals surface area contributed by atoms with Crippen LogP contribution >= 0.6 is 0 Å². The van der Waals surface area contributed by atoms with Gasteiger partial charge in [0.25, 0.3) is 0 Å². The number of fused-ring (bicyclic) bond motifs is 6. The molecule has 78 heavy (non-hydrogen) atoms. The second-order valence-electron chi connectivity index (χ2n) is 18.6. The molecule has 0 aliphatic rings. The van der Waals surface area contributed by atoms with E-state index in [0.29, 0.717) is 100 Å². The molecule has 0 spiro atoms. The third-order valence-electron chi connectivity index (χ3n) is 14.4. The van der Waals surface area contributed by atoms with Crippen molar-refractivity contribution < 1.29 is 13.2 Å². The maximum atomic E-state index is 14.7. The summed E-state index contributed by atoms with van der Waals surface area (Å²) >= 11 is 0. The van der Waals surface area contributed by atoms with Crippen molar-refractivity contribution in [1.82, 2.24) is 9.13 Å².